The van der Waals surface area contributed by atoms with Crippen LogP contribution < -0.4 is 14.9 Å². The Morgan fingerprint density at radius 2 is 1.74 bits per heavy atom. The molecule has 0 N–H and O–H groups in total. The van der Waals surface area contributed by atoms with Crippen molar-refractivity contribution in [2.45, 2.75) is 52.7 Å². The van der Waals surface area contributed by atoms with Gasteiger partial charge in [0.1, 0.15) is 12.2 Å². The zero-order valence-corrected chi connectivity index (χ0v) is 23.2. The van der Waals surface area contributed by atoms with Crippen molar-refractivity contribution in [2.75, 3.05) is 13.2 Å². The van der Waals surface area contributed by atoms with E-state index >= 15 is 0 Å². The van der Waals surface area contributed by atoms with Crippen molar-refractivity contribution < 1.29 is 18.7 Å². The van der Waals surface area contributed by atoms with Gasteiger partial charge >= 0.3 is 0 Å². The van der Waals surface area contributed by atoms with Gasteiger partial charge < -0.3 is 18.8 Å². The molecule has 4 aromatic rings. The molecule has 3 aromatic carbocycles. The molecular weight excluding hydrogens is 514 g/mol. The third kappa shape index (κ3) is 5.26. The van der Waals surface area contributed by atoms with Crippen LogP contribution in [0.15, 0.2) is 69.9 Å². The third-order valence-corrected chi connectivity index (χ3v) is 7.48. The number of nitrogens with zero attached hydrogens (tertiary/aromatic N) is 1. The topological polar surface area (TPSA) is 69.0 Å². The Kier molecular flexibility index (Phi) is 7.94. The predicted molar refractivity (Wildman–Crippen MR) is 153 cm³/mol. The molecule has 5 rings (SSSR count). The highest BCUT2D eigenvalue weighted by atomic mass is 35.5. The second-order valence-corrected chi connectivity index (χ2v) is 10.2. The summed E-state index contributed by atoms with van der Waals surface area (Å²) in [5.74, 6) is 0.974. The van der Waals surface area contributed by atoms with E-state index in [2.05, 4.69) is 6.92 Å². The molecule has 0 fully saturated rings. The fourth-order valence-corrected chi connectivity index (χ4v) is 5.23. The Morgan fingerprint density at radius 3 is 2.49 bits per heavy atom. The summed E-state index contributed by atoms with van der Waals surface area (Å²) < 4.78 is 18.2. The van der Waals surface area contributed by atoms with Crippen molar-refractivity contribution in [1.29, 1.82) is 0 Å². The second-order valence-electron chi connectivity index (χ2n) is 9.79. The van der Waals surface area contributed by atoms with Crippen molar-refractivity contribution in [3.8, 4) is 11.5 Å². The molecule has 0 saturated carbocycles. The summed E-state index contributed by atoms with van der Waals surface area (Å²) in [7, 11) is 0. The molecular formula is C32H32ClNO5. The Hall–Kier alpha value is -3.77. The number of ether oxygens (including phenoxy) is 2. The summed E-state index contributed by atoms with van der Waals surface area (Å²) in [6.07, 6.45) is 2.81. The van der Waals surface area contributed by atoms with E-state index in [1.807, 2.05) is 62.4 Å². The lowest BCUT2D eigenvalue weighted by atomic mass is 9.97. The van der Waals surface area contributed by atoms with Gasteiger partial charge in [0, 0.05) is 11.6 Å². The molecule has 1 unspecified atom stereocenters. The van der Waals surface area contributed by atoms with E-state index < -0.39 is 6.04 Å². The number of carbonyl (C=O) groups is 1. The molecule has 0 aliphatic carbocycles. The minimum atomic E-state index is -0.604. The molecule has 1 amide bonds. The monoisotopic (exact) mass is 545 g/mol. The number of rotatable bonds is 10. The first-order valence-electron chi connectivity index (χ1n) is 13.4. The van der Waals surface area contributed by atoms with E-state index in [0.29, 0.717) is 52.8 Å². The molecule has 7 heteroatoms. The molecule has 2 heterocycles. The molecule has 1 atom stereocenters. The fraction of sp³-hybridized carbons (Fsp3) is 0.312. The molecule has 6 nitrogen and oxygen atoms in total. The number of carbonyl (C=O) groups excluding carboxylic acids is 1. The zero-order valence-electron chi connectivity index (χ0n) is 22.5. The number of fused-ring (bicyclic) bond motifs is 2. The highest BCUT2D eigenvalue weighted by Crippen LogP contribution is 2.41. The third-order valence-electron chi connectivity index (χ3n) is 7.07. The largest absolute Gasteiger partial charge is 0.490 e. The first kappa shape index (κ1) is 26.8. The van der Waals surface area contributed by atoms with Crippen molar-refractivity contribution in [1.82, 2.24) is 4.90 Å². The number of aryl methyl sites for hydroxylation is 1. The minimum Gasteiger partial charge on any atom is -0.490 e. The van der Waals surface area contributed by atoms with E-state index in [4.69, 9.17) is 25.5 Å². The lowest BCUT2D eigenvalue weighted by Crippen LogP contribution is -2.30. The van der Waals surface area contributed by atoms with Crippen LogP contribution in [0.5, 0.6) is 11.5 Å². The van der Waals surface area contributed by atoms with E-state index in [1.165, 1.54) is 0 Å². The van der Waals surface area contributed by atoms with E-state index in [9.17, 15) is 9.59 Å². The normalized spacial score (nSPS) is 14.6. The van der Waals surface area contributed by atoms with Gasteiger partial charge in [-0.15, -0.1) is 0 Å². The highest BCUT2D eigenvalue weighted by molar-refractivity contribution is 6.32. The van der Waals surface area contributed by atoms with Crippen LogP contribution in [-0.4, -0.2) is 24.0 Å². The van der Waals surface area contributed by atoms with Crippen LogP contribution in [0.25, 0.3) is 11.0 Å². The van der Waals surface area contributed by atoms with Crippen LogP contribution in [0.3, 0.4) is 0 Å². The quantitative estimate of drug-likeness (QED) is 0.193. The van der Waals surface area contributed by atoms with Gasteiger partial charge in [-0.05, 0) is 61.2 Å². The fourth-order valence-electron chi connectivity index (χ4n) is 5.07. The second kappa shape index (κ2) is 11.5. The molecule has 202 valence electrons. The summed E-state index contributed by atoms with van der Waals surface area (Å²) in [5.41, 5.74) is 3.04. The summed E-state index contributed by atoms with van der Waals surface area (Å²) in [5, 5.41) is 0.847. The molecule has 1 aliphatic rings. The Balaban J connectivity index is 1.60. The summed E-state index contributed by atoms with van der Waals surface area (Å²) >= 11 is 6.36. The van der Waals surface area contributed by atoms with Crippen LogP contribution in [0.2, 0.25) is 5.02 Å². The van der Waals surface area contributed by atoms with E-state index in [-0.39, 0.29) is 17.1 Å². The van der Waals surface area contributed by atoms with Crippen LogP contribution in [0, 0.1) is 6.92 Å². The molecule has 0 saturated heterocycles. The van der Waals surface area contributed by atoms with Gasteiger partial charge in [-0.1, -0.05) is 67.8 Å². The maximum Gasteiger partial charge on any atom is 0.290 e. The number of amides is 1. The number of benzene rings is 3. The van der Waals surface area contributed by atoms with Crippen LogP contribution in [0.1, 0.15) is 72.0 Å². The Bertz CT molecular complexity index is 1560. The Morgan fingerprint density at radius 1 is 0.949 bits per heavy atom. The number of hydrogen-bond acceptors (Lipinski definition) is 5. The molecule has 1 aliphatic heterocycles. The summed E-state index contributed by atoms with van der Waals surface area (Å²) in [6.45, 7) is 7.21. The molecule has 0 radical (unpaired) electrons. The zero-order chi connectivity index (χ0) is 27.5. The van der Waals surface area contributed by atoms with Crippen LogP contribution >= 0.6 is 11.6 Å². The van der Waals surface area contributed by atoms with Gasteiger partial charge in [-0.2, -0.15) is 0 Å². The van der Waals surface area contributed by atoms with Crippen LogP contribution in [0.4, 0.5) is 0 Å². The lowest BCUT2D eigenvalue weighted by molar-refractivity contribution is 0.0724. The molecule has 0 spiro atoms. The molecule has 0 bridgehead atoms. The van der Waals surface area contributed by atoms with Crippen molar-refractivity contribution in [3.05, 3.63) is 104 Å². The van der Waals surface area contributed by atoms with Crippen molar-refractivity contribution in [3.63, 3.8) is 0 Å². The average molecular weight is 546 g/mol. The van der Waals surface area contributed by atoms with Gasteiger partial charge in [-0.25, -0.2) is 0 Å². The average Bonchev–Trinajstić information content (AvgIpc) is 3.21. The van der Waals surface area contributed by atoms with Crippen molar-refractivity contribution >= 4 is 28.5 Å². The lowest BCUT2D eigenvalue weighted by Gasteiger charge is -2.26. The molecule has 39 heavy (non-hydrogen) atoms. The standard InChI is InChI=1S/C32H32ClNO5/c1-4-6-10-15-34-29(28-30(35)23-18-24(33)20(3)16-26(23)39-31(28)32(34)36)22-13-14-25(27(17-22)37-5-2)38-19-21-11-8-7-9-12-21/h7-9,11-14,16-18,29H,4-6,10,15,19H2,1-3H3. The first-order chi connectivity index (χ1) is 18.9. The predicted octanol–water partition coefficient (Wildman–Crippen LogP) is 7.47. The van der Waals surface area contributed by atoms with Gasteiger partial charge in [-0.3, -0.25) is 9.59 Å². The van der Waals surface area contributed by atoms with Crippen LogP contribution in [-0.2, 0) is 6.61 Å². The van der Waals surface area contributed by atoms with Crippen molar-refractivity contribution in [2.24, 2.45) is 0 Å². The van der Waals surface area contributed by atoms with Gasteiger partial charge in [0.2, 0.25) is 5.76 Å². The molecule has 1 aromatic heterocycles. The van der Waals surface area contributed by atoms with Gasteiger partial charge in [0.25, 0.3) is 5.91 Å². The number of hydrogen-bond donors (Lipinski definition) is 0. The number of unbranched alkanes of at least 4 members (excludes halogenated alkanes) is 2. The maximum atomic E-state index is 13.9. The van der Waals surface area contributed by atoms with Gasteiger partial charge in [0.05, 0.1) is 23.6 Å². The summed E-state index contributed by atoms with van der Waals surface area (Å²) in [6, 6.07) is 18.3. The number of halogens is 1. The first-order valence-corrected chi connectivity index (χ1v) is 13.8. The smallest absolute Gasteiger partial charge is 0.290 e. The van der Waals surface area contributed by atoms with E-state index in [0.717, 1.165) is 36.0 Å². The van der Waals surface area contributed by atoms with E-state index in [1.54, 1.807) is 17.0 Å². The minimum absolute atomic E-state index is 0.0954. The SMILES string of the molecule is CCCCCN1C(=O)c2oc3cc(C)c(Cl)cc3c(=O)c2C1c1ccc(OCc2ccccc2)c(OCC)c1. The Labute approximate surface area is 233 Å². The summed E-state index contributed by atoms with van der Waals surface area (Å²) in [4.78, 5) is 29.3. The maximum absolute atomic E-state index is 13.9. The van der Waals surface area contributed by atoms with Gasteiger partial charge in [0.15, 0.2) is 16.9 Å². The highest BCUT2D eigenvalue weighted by Gasteiger charge is 2.42.